The van der Waals surface area contributed by atoms with E-state index < -0.39 is 10.0 Å². The van der Waals surface area contributed by atoms with E-state index in [0.29, 0.717) is 11.1 Å². The van der Waals surface area contributed by atoms with Crippen LogP contribution in [0.1, 0.15) is 19.4 Å². The van der Waals surface area contributed by atoms with Gasteiger partial charge in [0.15, 0.2) is 5.78 Å². The Hall–Kier alpha value is -1.72. The normalized spacial score (nSPS) is 18.2. The van der Waals surface area contributed by atoms with E-state index in [9.17, 15) is 13.2 Å². The van der Waals surface area contributed by atoms with Crippen LogP contribution in [0.25, 0.3) is 0 Å². The number of sulfonamides is 1. The highest BCUT2D eigenvalue weighted by atomic mass is 35.5. The largest absolute Gasteiger partial charge is 0.289 e. The van der Waals surface area contributed by atoms with Crippen LogP contribution in [-0.2, 0) is 14.8 Å². The molecule has 1 aliphatic carbocycles. The van der Waals surface area contributed by atoms with Crippen molar-refractivity contribution in [3.63, 3.8) is 0 Å². The van der Waals surface area contributed by atoms with Crippen LogP contribution in [0.5, 0.6) is 0 Å². The first-order valence-corrected chi connectivity index (χ1v) is 8.05. The van der Waals surface area contributed by atoms with Gasteiger partial charge in [-0.05, 0) is 44.6 Å². The minimum Gasteiger partial charge on any atom is -0.289 e. The molecular formula is C15H14ClNO3S. The highest BCUT2D eigenvalue weighted by Gasteiger charge is 2.23. The number of Topliss-reactive ketones (excluding diaryl/α,β-unsaturated/α-hetero) is 1. The fourth-order valence-corrected chi connectivity index (χ4v) is 3.10. The summed E-state index contributed by atoms with van der Waals surface area (Å²) in [5.41, 5.74) is 1.76. The molecule has 1 aliphatic rings. The van der Waals surface area contributed by atoms with Crippen LogP contribution in [0.15, 0.2) is 55.8 Å². The third-order valence-electron chi connectivity index (χ3n) is 3.14. The quantitative estimate of drug-likeness (QED) is 0.785. The summed E-state index contributed by atoms with van der Waals surface area (Å²) in [5, 5.41) is 0.0706. The van der Waals surface area contributed by atoms with Gasteiger partial charge in [0.25, 0.3) is 10.0 Å². The Labute approximate surface area is 128 Å². The van der Waals surface area contributed by atoms with Crippen molar-refractivity contribution in [3.8, 4) is 0 Å². The third kappa shape index (κ3) is 3.14. The zero-order valence-electron chi connectivity index (χ0n) is 11.8. The van der Waals surface area contributed by atoms with Crippen LogP contribution >= 0.6 is 11.6 Å². The molecule has 0 aromatic heterocycles. The number of hydrogen-bond acceptors (Lipinski definition) is 3. The molecular weight excluding hydrogens is 310 g/mol. The molecule has 1 aromatic carbocycles. The smallest absolute Gasteiger partial charge is 0.282 e. The Morgan fingerprint density at radius 2 is 1.62 bits per heavy atom. The summed E-state index contributed by atoms with van der Waals surface area (Å²) in [5.74, 6) is -0.202. The topological polar surface area (TPSA) is 63.6 Å². The van der Waals surface area contributed by atoms with Crippen LogP contribution in [0.3, 0.4) is 0 Å². The van der Waals surface area contributed by atoms with Crippen LogP contribution in [0.2, 0.25) is 0 Å². The predicted octanol–water partition coefficient (Wildman–Crippen LogP) is 3.17. The van der Waals surface area contributed by atoms with Crippen molar-refractivity contribution in [2.45, 2.75) is 25.7 Å². The second kappa shape index (κ2) is 5.58. The van der Waals surface area contributed by atoms with Crippen molar-refractivity contribution in [2.24, 2.45) is 4.40 Å². The molecule has 0 radical (unpaired) electrons. The molecule has 2 rings (SSSR count). The number of benzene rings is 1. The number of rotatable bonds is 2. The van der Waals surface area contributed by atoms with Gasteiger partial charge in [0.2, 0.25) is 0 Å². The monoisotopic (exact) mass is 323 g/mol. The van der Waals surface area contributed by atoms with Gasteiger partial charge in [0, 0.05) is 5.57 Å². The number of nitrogens with zero attached hydrogens (tertiary/aromatic N) is 1. The molecule has 4 nitrogen and oxygen atoms in total. The minimum absolute atomic E-state index is 0.0706. The number of carbonyl (C=O) groups excluding carboxylic acids is 1. The molecule has 0 amide bonds. The molecule has 0 unspecified atom stereocenters. The van der Waals surface area contributed by atoms with Crippen molar-refractivity contribution >= 4 is 33.1 Å². The van der Waals surface area contributed by atoms with Gasteiger partial charge >= 0.3 is 0 Å². The number of halogens is 1. The first kappa shape index (κ1) is 15.7. The van der Waals surface area contributed by atoms with Crippen LogP contribution in [-0.4, -0.2) is 19.9 Å². The Balaban J connectivity index is 2.52. The summed E-state index contributed by atoms with van der Waals surface area (Å²) in [6, 6.07) is 6.37. The lowest BCUT2D eigenvalue weighted by Gasteiger charge is -2.12. The molecule has 21 heavy (non-hydrogen) atoms. The summed E-state index contributed by atoms with van der Waals surface area (Å²) in [6.45, 7) is 5.02. The average Bonchev–Trinajstić information content (AvgIpc) is 2.42. The van der Waals surface area contributed by atoms with Gasteiger partial charge < -0.3 is 0 Å². The van der Waals surface area contributed by atoms with E-state index in [4.69, 9.17) is 11.6 Å². The summed E-state index contributed by atoms with van der Waals surface area (Å²) < 4.78 is 28.3. The van der Waals surface area contributed by atoms with Gasteiger partial charge in [-0.25, -0.2) is 0 Å². The van der Waals surface area contributed by atoms with E-state index in [1.54, 1.807) is 26.0 Å². The summed E-state index contributed by atoms with van der Waals surface area (Å²) in [7, 11) is -3.86. The molecule has 0 saturated heterocycles. The van der Waals surface area contributed by atoms with E-state index in [1.807, 2.05) is 6.92 Å². The minimum atomic E-state index is -3.86. The molecule has 6 heteroatoms. The Morgan fingerprint density at radius 3 is 2.19 bits per heavy atom. The molecule has 110 valence electrons. The lowest BCUT2D eigenvalue weighted by Crippen LogP contribution is -2.15. The summed E-state index contributed by atoms with van der Waals surface area (Å²) in [6.07, 6.45) is 1.39. The van der Waals surface area contributed by atoms with Crippen molar-refractivity contribution < 1.29 is 13.2 Å². The van der Waals surface area contributed by atoms with E-state index in [-0.39, 0.29) is 21.4 Å². The number of carbonyl (C=O) groups is 1. The number of hydrogen-bond donors (Lipinski definition) is 0. The Bertz CT molecular complexity index is 800. The van der Waals surface area contributed by atoms with E-state index in [2.05, 4.69) is 4.40 Å². The first-order chi connectivity index (χ1) is 9.72. The van der Waals surface area contributed by atoms with Gasteiger partial charge in [0.05, 0.1) is 15.6 Å². The number of ketones is 1. The Morgan fingerprint density at radius 1 is 1.05 bits per heavy atom. The van der Waals surface area contributed by atoms with E-state index in [1.165, 1.54) is 18.2 Å². The Kier molecular flexibility index (Phi) is 4.16. The fourth-order valence-electron chi connectivity index (χ4n) is 1.88. The van der Waals surface area contributed by atoms with Gasteiger partial charge in [-0.2, -0.15) is 12.8 Å². The highest BCUT2D eigenvalue weighted by molar-refractivity contribution is 7.90. The zero-order valence-corrected chi connectivity index (χ0v) is 13.4. The lowest BCUT2D eigenvalue weighted by atomic mass is 9.98. The molecule has 0 spiro atoms. The van der Waals surface area contributed by atoms with Gasteiger partial charge in [-0.15, -0.1) is 0 Å². The highest BCUT2D eigenvalue weighted by Crippen LogP contribution is 2.24. The van der Waals surface area contributed by atoms with Gasteiger partial charge in [-0.3, -0.25) is 4.79 Å². The van der Waals surface area contributed by atoms with E-state index >= 15 is 0 Å². The first-order valence-electron chi connectivity index (χ1n) is 6.24. The molecule has 0 aliphatic heterocycles. The maximum Gasteiger partial charge on any atom is 0.282 e. The number of allylic oxidation sites excluding steroid dienone is 4. The molecule has 0 saturated carbocycles. The molecule has 1 aromatic rings. The van der Waals surface area contributed by atoms with E-state index in [0.717, 1.165) is 5.56 Å². The summed E-state index contributed by atoms with van der Waals surface area (Å²) >= 11 is 6.03. The maximum atomic E-state index is 12.3. The molecule has 0 heterocycles. The zero-order chi connectivity index (χ0) is 15.8. The van der Waals surface area contributed by atoms with Gasteiger partial charge in [-0.1, -0.05) is 29.3 Å². The second-order valence-electron chi connectivity index (χ2n) is 4.86. The van der Waals surface area contributed by atoms with Crippen LogP contribution in [0, 0.1) is 6.92 Å². The lowest BCUT2D eigenvalue weighted by molar-refractivity contribution is -0.112. The van der Waals surface area contributed by atoms with Crippen LogP contribution in [0.4, 0.5) is 0 Å². The van der Waals surface area contributed by atoms with Crippen molar-refractivity contribution in [2.75, 3.05) is 0 Å². The molecule has 0 bridgehead atoms. The fraction of sp³-hybridized carbons (Fsp3) is 0.200. The molecule has 0 atom stereocenters. The van der Waals surface area contributed by atoms with Crippen molar-refractivity contribution in [1.29, 1.82) is 0 Å². The van der Waals surface area contributed by atoms with Gasteiger partial charge in [0.1, 0.15) is 0 Å². The standard InChI is InChI=1S/C15H14ClNO3S/c1-9-4-6-12(7-5-9)21(19,20)17-13-8-10(2)15(18)11(3)14(13)16/h4-8H,1-3H3/b17-13+. The van der Waals surface area contributed by atoms with Crippen LogP contribution < -0.4 is 0 Å². The second-order valence-corrected chi connectivity index (χ2v) is 6.84. The third-order valence-corrected chi connectivity index (χ3v) is 4.93. The number of aryl methyl sites for hydroxylation is 1. The SMILES string of the molecule is CC1=C/C(=N\S(=O)(=O)c2ccc(C)cc2)C(Cl)=C(C)C1=O. The molecule has 0 fully saturated rings. The maximum absolute atomic E-state index is 12.3. The molecule has 0 N–H and O–H groups in total. The average molecular weight is 324 g/mol. The summed E-state index contributed by atoms with van der Waals surface area (Å²) in [4.78, 5) is 11.8. The van der Waals surface area contributed by atoms with Crippen molar-refractivity contribution in [3.05, 3.63) is 52.1 Å². The van der Waals surface area contributed by atoms with Crippen molar-refractivity contribution in [1.82, 2.24) is 0 Å². The predicted molar refractivity (Wildman–Crippen MR) is 83.1 cm³/mol.